The molecule has 0 spiro atoms. The van der Waals surface area contributed by atoms with E-state index in [1.165, 1.54) is 17.5 Å². The molecule has 1 atom stereocenters. The molecular formula is C17H13Cl2FN2O3S2. The van der Waals surface area contributed by atoms with Crippen LogP contribution in [0.5, 0.6) is 0 Å². The van der Waals surface area contributed by atoms with Crippen molar-refractivity contribution < 1.29 is 17.9 Å². The molecule has 2 aromatic carbocycles. The van der Waals surface area contributed by atoms with Gasteiger partial charge in [0.2, 0.25) is 5.13 Å². The molecule has 1 aromatic heterocycles. The van der Waals surface area contributed by atoms with Gasteiger partial charge in [-0.15, -0.1) is 15.2 Å². The summed E-state index contributed by atoms with van der Waals surface area (Å²) in [7, 11) is -4.03. The minimum absolute atomic E-state index is 0.0449. The van der Waals surface area contributed by atoms with E-state index in [9.17, 15) is 17.9 Å². The van der Waals surface area contributed by atoms with Gasteiger partial charge in [0.25, 0.3) is 10.0 Å². The normalized spacial score (nSPS) is 12.8. The van der Waals surface area contributed by atoms with Crippen LogP contribution in [0.25, 0.3) is 0 Å². The van der Waals surface area contributed by atoms with Gasteiger partial charge in [-0.25, -0.2) is 9.37 Å². The smallest absolute Gasteiger partial charge is 0.280 e. The molecule has 0 aliphatic carbocycles. The molecule has 0 amide bonds. The van der Waals surface area contributed by atoms with Gasteiger partial charge >= 0.3 is 0 Å². The second kappa shape index (κ2) is 7.73. The number of anilines is 1. The van der Waals surface area contributed by atoms with Gasteiger partial charge in [0.15, 0.2) is 0 Å². The van der Waals surface area contributed by atoms with E-state index in [1.54, 1.807) is 25.1 Å². The number of rotatable bonds is 5. The molecule has 1 N–H and O–H groups in total. The largest absolute Gasteiger partial charge is 0.382 e. The maximum absolute atomic E-state index is 13.5. The van der Waals surface area contributed by atoms with Crippen molar-refractivity contribution in [2.24, 2.45) is 0 Å². The lowest BCUT2D eigenvalue weighted by atomic mass is 10.1. The summed E-state index contributed by atoms with van der Waals surface area (Å²) in [5, 5.41) is 11.9. The number of aliphatic hydroxyl groups is 1. The third-order valence-corrected chi connectivity index (χ3v) is 7.32. The predicted molar refractivity (Wildman–Crippen MR) is 104 cm³/mol. The van der Waals surface area contributed by atoms with Gasteiger partial charge in [0.1, 0.15) is 11.9 Å². The van der Waals surface area contributed by atoms with E-state index >= 15 is 0 Å². The highest BCUT2D eigenvalue weighted by molar-refractivity contribution is 7.94. The van der Waals surface area contributed by atoms with Crippen molar-refractivity contribution in [1.82, 2.24) is 4.98 Å². The molecule has 0 saturated heterocycles. The fourth-order valence-corrected chi connectivity index (χ4v) is 5.25. The monoisotopic (exact) mass is 446 g/mol. The van der Waals surface area contributed by atoms with Gasteiger partial charge in [0, 0.05) is 22.2 Å². The van der Waals surface area contributed by atoms with E-state index < -0.39 is 21.9 Å². The van der Waals surface area contributed by atoms with Crippen LogP contribution < -0.4 is 3.82 Å². The Balaban J connectivity index is 1.92. The maximum atomic E-state index is 13.5. The average Bonchev–Trinajstić information content (AvgIpc) is 3.09. The molecule has 3 aromatic rings. The number of hydrogen-bond donors (Lipinski definition) is 1. The quantitative estimate of drug-likeness (QED) is 0.577. The predicted octanol–water partition coefficient (Wildman–Crippen LogP) is 4.67. The molecule has 0 bridgehead atoms. The summed E-state index contributed by atoms with van der Waals surface area (Å²) in [5.41, 5.74) is 0.858. The molecule has 142 valence electrons. The number of nitrogens with zero attached hydrogens (tertiary/aromatic N) is 2. The van der Waals surface area contributed by atoms with Crippen LogP contribution in [0, 0.1) is 12.7 Å². The SMILES string of the molecule is Cc1ccccc1S(=O)(=O)N(Cl)c1nc(C(O)c2cc(F)cc(Cl)c2)cs1. The second-order valence-electron chi connectivity index (χ2n) is 5.65. The zero-order valence-corrected chi connectivity index (χ0v) is 16.9. The van der Waals surface area contributed by atoms with Gasteiger partial charge in [-0.05, 0) is 42.3 Å². The Morgan fingerprint density at radius 3 is 2.63 bits per heavy atom. The number of benzene rings is 2. The minimum atomic E-state index is -4.03. The molecule has 0 saturated carbocycles. The molecular weight excluding hydrogens is 434 g/mol. The van der Waals surface area contributed by atoms with E-state index in [2.05, 4.69) is 4.98 Å². The minimum Gasteiger partial charge on any atom is -0.382 e. The molecule has 27 heavy (non-hydrogen) atoms. The van der Waals surface area contributed by atoms with Crippen molar-refractivity contribution in [3.8, 4) is 0 Å². The summed E-state index contributed by atoms with van der Waals surface area (Å²) in [6, 6.07) is 10.0. The number of aromatic nitrogens is 1. The van der Waals surface area contributed by atoms with Crippen LogP contribution in [0.3, 0.4) is 0 Å². The zero-order valence-electron chi connectivity index (χ0n) is 13.8. The van der Waals surface area contributed by atoms with Crippen molar-refractivity contribution in [2.45, 2.75) is 17.9 Å². The van der Waals surface area contributed by atoms with Crippen LogP contribution in [-0.2, 0) is 10.0 Å². The summed E-state index contributed by atoms with van der Waals surface area (Å²) < 4.78 is 39.5. The summed E-state index contributed by atoms with van der Waals surface area (Å²) >= 11 is 12.8. The van der Waals surface area contributed by atoms with Gasteiger partial charge < -0.3 is 5.11 Å². The molecule has 0 radical (unpaired) electrons. The Morgan fingerprint density at radius 1 is 1.26 bits per heavy atom. The summed E-state index contributed by atoms with van der Waals surface area (Å²) in [4.78, 5) is 4.14. The first-order valence-corrected chi connectivity index (χ1v) is 10.6. The van der Waals surface area contributed by atoms with Crippen molar-refractivity contribution in [1.29, 1.82) is 0 Å². The third kappa shape index (κ3) is 4.09. The molecule has 3 rings (SSSR count). The molecule has 0 aliphatic heterocycles. The Hall–Kier alpha value is -1.71. The van der Waals surface area contributed by atoms with Crippen LogP contribution >= 0.6 is 34.7 Å². The lowest BCUT2D eigenvalue weighted by molar-refractivity contribution is 0.215. The first-order chi connectivity index (χ1) is 12.7. The van der Waals surface area contributed by atoms with Crippen LogP contribution in [0.4, 0.5) is 9.52 Å². The third-order valence-electron chi connectivity index (χ3n) is 3.72. The standard InChI is InChI=1S/C17H13Cl2FN2O3S2/c1-10-4-2-3-5-15(10)27(24,25)22(19)17-21-14(9-26-17)16(23)11-6-12(18)8-13(20)7-11/h2-9,16,23H,1H3. The lowest BCUT2D eigenvalue weighted by Gasteiger charge is -2.14. The van der Waals surface area contributed by atoms with Gasteiger partial charge in [0.05, 0.1) is 10.6 Å². The average molecular weight is 447 g/mol. The van der Waals surface area contributed by atoms with Gasteiger partial charge in [-0.1, -0.05) is 29.8 Å². The van der Waals surface area contributed by atoms with E-state index in [-0.39, 0.29) is 26.3 Å². The number of hydrogen-bond acceptors (Lipinski definition) is 5. The molecule has 0 fully saturated rings. The van der Waals surface area contributed by atoms with E-state index in [4.69, 9.17) is 23.4 Å². The number of aliphatic hydroxyl groups excluding tert-OH is 1. The molecule has 1 unspecified atom stereocenters. The van der Waals surface area contributed by atoms with Gasteiger partial charge in [-0.2, -0.15) is 8.42 Å². The van der Waals surface area contributed by atoms with Crippen molar-refractivity contribution >= 4 is 49.9 Å². The van der Waals surface area contributed by atoms with Crippen molar-refractivity contribution in [3.05, 3.63) is 75.5 Å². The first kappa shape index (κ1) is 20.0. The first-order valence-electron chi connectivity index (χ1n) is 7.56. The van der Waals surface area contributed by atoms with Crippen LogP contribution in [0.2, 0.25) is 5.02 Å². The molecule has 10 heteroatoms. The summed E-state index contributed by atoms with van der Waals surface area (Å²) in [6.45, 7) is 1.66. The highest BCUT2D eigenvalue weighted by Gasteiger charge is 2.28. The van der Waals surface area contributed by atoms with Crippen LogP contribution in [-0.4, -0.2) is 18.5 Å². The Kier molecular flexibility index (Phi) is 5.73. The highest BCUT2D eigenvalue weighted by Crippen LogP contribution is 2.33. The zero-order chi connectivity index (χ0) is 19.8. The lowest BCUT2D eigenvalue weighted by Crippen LogP contribution is -2.22. The Bertz CT molecular complexity index is 1070. The summed E-state index contributed by atoms with van der Waals surface area (Å²) in [5.74, 6) is -0.604. The number of aryl methyl sites for hydroxylation is 1. The Morgan fingerprint density at radius 2 is 1.96 bits per heavy atom. The van der Waals surface area contributed by atoms with Crippen LogP contribution in [0.15, 0.2) is 52.7 Å². The van der Waals surface area contributed by atoms with Crippen LogP contribution in [0.1, 0.15) is 22.9 Å². The fourth-order valence-electron chi connectivity index (χ4n) is 2.42. The van der Waals surface area contributed by atoms with E-state index in [0.29, 0.717) is 9.39 Å². The molecule has 5 nitrogen and oxygen atoms in total. The van der Waals surface area contributed by atoms with Crippen molar-refractivity contribution in [2.75, 3.05) is 3.82 Å². The molecule has 1 heterocycles. The second-order valence-corrected chi connectivity index (χ2v) is 9.21. The topological polar surface area (TPSA) is 70.5 Å². The Labute approximate surface area is 169 Å². The number of sulfonamides is 1. The molecule has 0 aliphatic rings. The van der Waals surface area contributed by atoms with E-state index in [0.717, 1.165) is 23.5 Å². The van der Waals surface area contributed by atoms with Crippen molar-refractivity contribution in [3.63, 3.8) is 0 Å². The fraction of sp³-hybridized carbons (Fsp3) is 0.118. The summed E-state index contributed by atoms with van der Waals surface area (Å²) in [6.07, 6.45) is -1.28. The number of halogens is 3. The van der Waals surface area contributed by atoms with E-state index in [1.807, 2.05) is 0 Å². The highest BCUT2D eigenvalue weighted by atomic mass is 35.5. The maximum Gasteiger partial charge on any atom is 0.280 e. The van der Waals surface area contributed by atoms with Gasteiger partial charge in [-0.3, -0.25) is 0 Å². The number of thiazole rings is 1.